The summed E-state index contributed by atoms with van der Waals surface area (Å²) in [5.74, 6) is 0. The average molecular weight is 207 g/mol. The van der Waals surface area contributed by atoms with E-state index in [1.165, 1.54) is 20.0 Å². The molecule has 0 bridgehead atoms. The van der Waals surface area contributed by atoms with E-state index >= 15 is 0 Å². The summed E-state index contributed by atoms with van der Waals surface area (Å²) in [5, 5.41) is 0. The number of nitrogens with zero attached hydrogens (tertiary/aromatic N) is 1. The van der Waals surface area contributed by atoms with Crippen molar-refractivity contribution < 1.29 is 9.53 Å². The third-order valence-electron chi connectivity index (χ3n) is 4.54. The van der Waals surface area contributed by atoms with Crippen LogP contribution in [0.5, 0.6) is 0 Å². The first kappa shape index (κ1) is 9.25. The van der Waals surface area contributed by atoms with E-state index in [2.05, 4.69) is 12.2 Å². The number of methoxy groups -OCH3 is 1. The van der Waals surface area contributed by atoms with Crippen molar-refractivity contribution in [1.82, 2.24) is 4.90 Å². The van der Waals surface area contributed by atoms with Gasteiger partial charge in [0.2, 0.25) is 0 Å². The highest BCUT2D eigenvalue weighted by Crippen LogP contribution is 2.65. The summed E-state index contributed by atoms with van der Waals surface area (Å²) in [4.78, 5) is 13.8. The minimum absolute atomic E-state index is 0.124. The lowest BCUT2D eigenvalue weighted by atomic mass is 9.73. The maximum absolute atomic E-state index is 11.8. The SMILES string of the molecule is COC(=O)N1C23CC=CCC12CCCC3. The standard InChI is InChI=1S/C12H17NO2/c1-15-10(14)13-11-6-2-3-7-12(11,13)9-5-4-8-11/h2-3H,4-9H2,1H3. The van der Waals surface area contributed by atoms with Gasteiger partial charge in [0.15, 0.2) is 0 Å². The summed E-state index contributed by atoms with van der Waals surface area (Å²) in [5.41, 5.74) is 0.264. The van der Waals surface area contributed by atoms with Crippen LogP contribution in [0, 0.1) is 0 Å². The monoisotopic (exact) mass is 207 g/mol. The van der Waals surface area contributed by atoms with Crippen molar-refractivity contribution in [2.75, 3.05) is 7.11 Å². The largest absolute Gasteiger partial charge is 0.453 e. The Hall–Kier alpha value is -0.990. The molecule has 0 aromatic rings. The Bertz CT molecular complexity index is 315. The number of carbonyl (C=O) groups excluding carboxylic acids is 1. The molecule has 2 fully saturated rings. The Morgan fingerprint density at radius 3 is 2.20 bits per heavy atom. The maximum atomic E-state index is 11.8. The first-order valence-corrected chi connectivity index (χ1v) is 5.80. The Labute approximate surface area is 90.1 Å². The lowest BCUT2D eigenvalue weighted by molar-refractivity contribution is 0.142. The van der Waals surface area contributed by atoms with Gasteiger partial charge in [0.25, 0.3) is 0 Å². The van der Waals surface area contributed by atoms with Crippen LogP contribution in [0.2, 0.25) is 0 Å². The zero-order chi connectivity index (χ0) is 10.5. The highest BCUT2D eigenvalue weighted by Gasteiger charge is 2.76. The first-order valence-electron chi connectivity index (χ1n) is 5.80. The van der Waals surface area contributed by atoms with Crippen molar-refractivity contribution in [2.45, 2.75) is 49.6 Å². The quantitative estimate of drug-likeness (QED) is 0.451. The molecule has 2 atom stereocenters. The van der Waals surface area contributed by atoms with Crippen molar-refractivity contribution >= 4 is 6.09 Å². The smallest absolute Gasteiger partial charge is 0.410 e. The van der Waals surface area contributed by atoms with Crippen molar-refractivity contribution in [2.24, 2.45) is 0 Å². The van der Waals surface area contributed by atoms with E-state index in [4.69, 9.17) is 4.74 Å². The molecule has 2 aliphatic carbocycles. The van der Waals surface area contributed by atoms with E-state index in [1.807, 2.05) is 4.90 Å². The van der Waals surface area contributed by atoms with Crippen LogP contribution in [-0.4, -0.2) is 29.2 Å². The predicted octanol–water partition coefficient (Wildman–Crippen LogP) is 2.47. The third kappa shape index (κ3) is 0.894. The van der Waals surface area contributed by atoms with Crippen molar-refractivity contribution in [3.05, 3.63) is 12.2 Å². The fourth-order valence-electron chi connectivity index (χ4n) is 3.85. The van der Waals surface area contributed by atoms with Gasteiger partial charge in [-0.15, -0.1) is 0 Å². The molecule has 3 heteroatoms. The van der Waals surface area contributed by atoms with Crippen LogP contribution in [0.25, 0.3) is 0 Å². The molecule has 0 N–H and O–H groups in total. The molecule has 0 aromatic carbocycles. The van der Waals surface area contributed by atoms with Gasteiger partial charge >= 0.3 is 6.09 Å². The summed E-state index contributed by atoms with van der Waals surface area (Å²) >= 11 is 0. The maximum Gasteiger partial charge on any atom is 0.410 e. The molecule has 3 aliphatic rings. The van der Waals surface area contributed by atoms with Crippen LogP contribution >= 0.6 is 0 Å². The van der Waals surface area contributed by atoms with E-state index in [-0.39, 0.29) is 17.2 Å². The average Bonchev–Trinajstić information content (AvgIpc) is 2.92. The van der Waals surface area contributed by atoms with Crippen LogP contribution in [0.1, 0.15) is 38.5 Å². The highest BCUT2D eigenvalue weighted by atomic mass is 16.5. The second-order valence-corrected chi connectivity index (χ2v) is 4.96. The molecule has 0 spiro atoms. The second kappa shape index (κ2) is 2.77. The van der Waals surface area contributed by atoms with E-state index in [0.29, 0.717) is 0 Å². The summed E-state index contributed by atoms with van der Waals surface area (Å²) in [7, 11) is 1.49. The second-order valence-electron chi connectivity index (χ2n) is 4.96. The Kier molecular flexibility index (Phi) is 1.71. The molecular weight excluding hydrogens is 190 g/mol. The number of likely N-dealkylation sites (tertiary alicyclic amines) is 1. The van der Waals surface area contributed by atoms with Crippen molar-refractivity contribution in [1.29, 1.82) is 0 Å². The summed E-state index contributed by atoms with van der Waals surface area (Å²) in [6, 6.07) is 0. The van der Waals surface area contributed by atoms with Gasteiger partial charge in [-0.3, -0.25) is 4.90 Å². The Morgan fingerprint density at radius 2 is 1.73 bits per heavy atom. The molecule has 1 saturated carbocycles. The number of amides is 1. The first-order chi connectivity index (χ1) is 7.27. The minimum Gasteiger partial charge on any atom is -0.453 e. The molecule has 0 aromatic heterocycles. The van der Waals surface area contributed by atoms with Gasteiger partial charge in [0.1, 0.15) is 0 Å². The van der Waals surface area contributed by atoms with Crippen LogP contribution in [0.4, 0.5) is 4.79 Å². The molecular formula is C12H17NO2. The lowest BCUT2D eigenvalue weighted by Crippen LogP contribution is -2.30. The zero-order valence-electron chi connectivity index (χ0n) is 9.16. The van der Waals surface area contributed by atoms with Gasteiger partial charge in [0.05, 0.1) is 18.2 Å². The molecule has 1 aliphatic heterocycles. The van der Waals surface area contributed by atoms with Gasteiger partial charge < -0.3 is 4.74 Å². The fourth-order valence-corrected chi connectivity index (χ4v) is 3.85. The van der Waals surface area contributed by atoms with E-state index in [9.17, 15) is 4.79 Å². The molecule has 82 valence electrons. The summed E-state index contributed by atoms with van der Waals surface area (Å²) in [6.45, 7) is 0. The molecule has 1 saturated heterocycles. The van der Waals surface area contributed by atoms with Gasteiger partial charge in [-0.2, -0.15) is 0 Å². The fraction of sp³-hybridized carbons (Fsp3) is 0.750. The topological polar surface area (TPSA) is 29.3 Å². The van der Waals surface area contributed by atoms with Gasteiger partial charge in [-0.05, 0) is 25.7 Å². The molecule has 0 radical (unpaired) electrons. The van der Waals surface area contributed by atoms with E-state index < -0.39 is 0 Å². The highest BCUT2D eigenvalue weighted by molar-refractivity contribution is 5.76. The summed E-state index contributed by atoms with van der Waals surface area (Å²) in [6.07, 6.45) is 11.2. The van der Waals surface area contributed by atoms with Gasteiger partial charge in [-0.25, -0.2) is 4.79 Å². The normalized spacial score (nSPS) is 41.8. The number of hydrogen-bond donors (Lipinski definition) is 0. The third-order valence-corrected chi connectivity index (χ3v) is 4.54. The van der Waals surface area contributed by atoms with Crippen LogP contribution in [-0.2, 0) is 4.74 Å². The van der Waals surface area contributed by atoms with Crippen LogP contribution < -0.4 is 0 Å². The number of ether oxygens (including phenoxy) is 1. The van der Waals surface area contributed by atoms with Crippen molar-refractivity contribution in [3.63, 3.8) is 0 Å². The van der Waals surface area contributed by atoms with Gasteiger partial charge in [0, 0.05) is 0 Å². The molecule has 2 unspecified atom stereocenters. The Morgan fingerprint density at radius 1 is 1.20 bits per heavy atom. The zero-order valence-corrected chi connectivity index (χ0v) is 9.16. The minimum atomic E-state index is -0.124. The number of carbonyl (C=O) groups is 1. The molecule has 1 heterocycles. The lowest BCUT2D eigenvalue weighted by Gasteiger charge is -2.26. The van der Waals surface area contributed by atoms with Crippen molar-refractivity contribution in [3.8, 4) is 0 Å². The molecule has 1 amide bonds. The van der Waals surface area contributed by atoms with Crippen LogP contribution in [0.15, 0.2) is 12.2 Å². The van der Waals surface area contributed by atoms with Gasteiger partial charge in [-0.1, -0.05) is 25.0 Å². The number of hydrogen-bond acceptors (Lipinski definition) is 2. The molecule has 15 heavy (non-hydrogen) atoms. The molecule has 3 nitrogen and oxygen atoms in total. The van der Waals surface area contributed by atoms with E-state index in [1.54, 1.807) is 0 Å². The molecule has 3 rings (SSSR count). The summed E-state index contributed by atoms with van der Waals surface area (Å²) < 4.78 is 4.91. The number of rotatable bonds is 0. The van der Waals surface area contributed by atoms with E-state index in [0.717, 1.165) is 25.7 Å². The van der Waals surface area contributed by atoms with Crippen LogP contribution in [0.3, 0.4) is 0 Å². The predicted molar refractivity (Wildman–Crippen MR) is 56.5 cm³/mol. The Balaban J connectivity index is 1.96.